The van der Waals surface area contributed by atoms with Gasteiger partial charge in [0.1, 0.15) is 17.6 Å². The van der Waals surface area contributed by atoms with E-state index in [2.05, 4.69) is 0 Å². The van der Waals surface area contributed by atoms with Crippen LogP contribution in [0, 0.1) is 17.1 Å². The van der Waals surface area contributed by atoms with E-state index in [4.69, 9.17) is 15.1 Å². The molecule has 0 aromatic heterocycles. The molecule has 2 aromatic carbocycles. The van der Waals surface area contributed by atoms with Crippen molar-refractivity contribution in [3.8, 4) is 22.9 Å². The highest BCUT2D eigenvalue weighted by molar-refractivity contribution is 5.80. The lowest BCUT2D eigenvalue weighted by molar-refractivity contribution is -0.136. The Kier molecular flexibility index (Phi) is 4.19. The minimum atomic E-state index is -1.00. The van der Waals surface area contributed by atoms with Gasteiger partial charge in [0.05, 0.1) is 19.1 Å². The van der Waals surface area contributed by atoms with Crippen molar-refractivity contribution < 1.29 is 19.0 Å². The first-order chi connectivity index (χ1) is 10.1. The lowest BCUT2D eigenvalue weighted by Gasteiger charge is -2.12. The number of carbonyl (C=O) groups is 1. The van der Waals surface area contributed by atoms with Gasteiger partial charge in [-0.25, -0.2) is 4.39 Å². The van der Waals surface area contributed by atoms with E-state index < -0.39 is 11.8 Å². The predicted molar refractivity (Wildman–Crippen MR) is 74.4 cm³/mol. The summed E-state index contributed by atoms with van der Waals surface area (Å²) in [6, 6.07) is 10.9. The number of carboxylic acid groups (broad SMARTS) is 1. The van der Waals surface area contributed by atoms with E-state index in [9.17, 15) is 9.18 Å². The Labute approximate surface area is 121 Å². The maximum Gasteiger partial charge on any atom is 0.307 e. The number of carboxylic acids is 1. The normalized spacial score (nSPS) is 9.95. The summed E-state index contributed by atoms with van der Waals surface area (Å²) in [4.78, 5) is 11.0. The summed E-state index contributed by atoms with van der Waals surface area (Å²) in [7, 11) is 1.48. The molecule has 0 atom stereocenters. The van der Waals surface area contributed by atoms with Crippen molar-refractivity contribution in [2.75, 3.05) is 7.11 Å². The van der Waals surface area contributed by atoms with Crippen LogP contribution in [0.4, 0.5) is 4.39 Å². The highest BCUT2D eigenvalue weighted by Crippen LogP contribution is 2.31. The number of nitrogens with zero attached hydrogens (tertiary/aromatic N) is 1. The van der Waals surface area contributed by atoms with Crippen LogP contribution >= 0.6 is 0 Å². The third-order valence-electron chi connectivity index (χ3n) is 3.07. The van der Waals surface area contributed by atoms with E-state index in [0.717, 1.165) is 0 Å². The number of hydrogen-bond donors (Lipinski definition) is 1. The van der Waals surface area contributed by atoms with Gasteiger partial charge in [0.25, 0.3) is 0 Å². The molecule has 4 nitrogen and oxygen atoms in total. The topological polar surface area (TPSA) is 70.3 Å². The van der Waals surface area contributed by atoms with Crippen LogP contribution in [0.1, 0.15) is 11.1 Å². The highest BCUT2D eigenvalue weighted by atomic mass is 19.1. The number of aliphatic carboxylic acids is 1. The predicted octanol–water partition coefficient (Wildman–Crippen LogP) is 3.00. The standard InChI is InChI=1S/C16H12FNO3/c1-21-11-6-5-10(7-16(19)20)13(8-11)12-3-2-4-15(17)14(12)9-18/h2-6,8H,7H2,1H3,(H,19,20). The maximum absolute atomic E-state index is 13.7. The van der Waals surface area contributed by atoms with Crippen molar-refractivity contribution in [2.24, 2.45) is 0 Å². The second-order valence-corrected chi connectivity index (χ2v) is 4.37. The average Bonchev–Trinajstić information content (AvgIpc) is 2.47. The lowest BCUT2D eigenvalue weighted by atomic mass is 9.94. The second-order valence-electron chi connectivity index (χ2n) is 4.37. The van der Waals surface area contributed by atoms with Gasteiger partial charge in [0.2, 0.25) is 0 Å². The van der Waals surface area contributed by atoms with Gasteiger partial charge < -0.3 is 9.84 Å². The fourth-order valence-electron chi connectivity index (χ4n) is 2.11. The lowest BCUT2D eigenvalue weighted by Crippen LogP contribution is -2.03. The largest absolute Gasteiger partial charge is 0.497 e. The SMILES string of the molecule is COc1ccc(CC(=O)O)c(-c2cccc(F)c2C#N)c1. The van der Waals surface area contributed by atoms with Crippen molar-refractivity contribution >= 4 is 5.97 Å². The van der Waals surface area contributed by atoms with Crippen LogP contribution in [0.3, 0.4) is 0 Å². The highest BCUT2D eigenvalue weighted by Gasteiger charge is 2.15. The smallest absolute Gasteiger partial charge is 0.307 e. The van der Waals surface area contributed by atoms with Crippen LogP contribution in [-0.4, -0.2) is 18.2 Å². The first-order valence-electron chi connectivity index (χ1n) is 6.14. The third kappa shape index (κ3) is 3.00. The van der Waals surface area contributed by atoms with E-state index in [1.807, 2.05) is 6.07 Å². The van der Waals surface area contributed by atoms with Gasteiger partial charge in [-0.15, -0.1) is 0 Å². The number of ether oxygens (including phenoxy) is 1. The number of rotatable bonds is 4. The Bertz CT molecular complexity index is 735. The molecule has 5 heteroatoms. The molecule has 0 heterocycles. The maximum atomic E-state index is 13.7. The minimum Gasteiger partial charge on any atom is -0.497 e. The van der Waals surface area contributed by atoms with Gasteiger partial charge in [-0.3, -0.25) is 4.79 Å². The van der Waals surface area contributed by atoms with E-state index in [0.29, 0.717) is 22.4 Å². The first-order valence-corrected chi connectivity index (χ1v) is 6.14. The molecule has 0 bridgehead atoms. The zero-order valence-corrected chi connectivity index (χ0v) is 11.3. The molecule has 106 valence electrons. The molecule has 0 saturated carbocycles. The molecule has 0 aliphatic rings. The summed E-state index contributed by atoms with van der Waals surface area (Å²) in [5.74, 6) is -1.14. The molecule has 0 radical (unpaired) electrons. The van der Waals surface area contributed by atoms with E-state index in [1.165, 1.54) is 19.2 Å². The zero-order chi connectivity index (χ0) is 15.4. The van der Waals surface area contributed by atoms with Crippen LogP contribution in [0.25, 0.3) is 11.1 Å². The minimum absolute atomic E-state index is 0.114. The Balaban J connectivity index is 2.69. The molecule has 0 fully saturated rings. The van der Waals surface area contributed by atoms with Crippen LogP contribution in [-0.2, 0) is 11.2 Å². The molecule has 0 saturated heterocycles. The molecule has 1 N–H and O–H groups in total. The van der Waals surface area contributed by atoms with Gasteiger partial charge in [-0.05, 0) is 29.3 Å². The Morgan fingerprint density at radius 1 is 1.33 bits per heavy atom. The zero-order valence-electron chi connectivity index (χ0n) is 11.3. The van der Waals surface area contributed by atoms with E-state index in [-0.39, 0.29) is 12.0 Å². The van der Waals surface area contributed by atoms with Gasteiger partial charge in [0.15, 0.2) is 0 Å². The van der Waals surface area contributed by atoms with E-state index >= 15 is 0 Å². The molecule has 0 amide bonds. The second kappa shape index (κ2) is 6.06. The first kappa shape index (κ1) is 14.5. The van der Waals surface area contributed by atoms with Crippen molar-refractivity contribution in [3.63, 3.8) is 0 Å². The summed E-state index contributed by atoms with van der Waals surface area (Å²) in [5, 5.41) is 18.1. The fraction of sp³-hybridized carbons (Fsp3) is 0.125. The summed E-state index contributed by atoms with van der Waals surface area (Å²) in [5.41, 5.74) is 1.21. The van der Waals surface area contributed by atoms with Crippen LogP contribution in [0.5, 0.6) is 5.75 Å². The summed E-state index contributed by atoms with van der Waals surface area (Å²) in [6.07, 6.45) is -0.222. The molecule has 21 heavy (non-hydrogen) atoms. The molecular formula is C16H12FNO3. The van der Waals surface area contributed by atoms with Gasteiger partial charge in [0, 0.05) is 5.56 Å². The Morgan fingerprint density at radius 2 is 2.10 bits per heavy atom. The number of hydrogen-bond acceptors (Lipinski definition) is 3. The number of methoxy groups -OCH3 is 1. The average molecular weight is 285 g/mol. The van der Waals surface area contributed by atoms with Crippen LogP contribution in [0.15, 0.2) is 36.4 Å². The Morgan fingerprint density at radius 3 is 2.71 bits per heavy atom. The summed E-state index contributed by atoms with van der Waals surface area (Å²) in [6.45, 7) is 0. The molecule has 0 aliphatic heterocycles. The molecule has 2 aromatic rings. The van der Waals surface area contributed by atoms with Crippen LogP contribution < -0.4 is 4.74 Å². The number of halogens is 1. The number of benzene rings is 2. The van der Waals surface area contributed by atoms with Crippen molar-refractivity contribution in [1.29, 1.82) is 5.26 Å². The molecule has 0 aliphatic carbocycles. The van der Waals surface area contributed by atoms with Crippen molar-refractivity contribution in [1.82, 2.24) is 0 Å². The third-order valence-corrected chi connectivity index (χ3v) is 3.07. The van der Waals surface area contributed by atoms with Gasteiger partial charge in [-0.2, -0.15) is 5.26 Å². The molecule has 2 rings (SSSR count). The number of nitriles is 1. The summed E-state index contributed by atoms with van der Waals surface area (Å²) < 4.78 is 18.9. The van der Waals surface area contributed by atoms with Crippen molar-refractivity contribution in [2.45, 2.75) is 6.42 Å². The molecular weight excluding hydrogens is 273 g/mol. The van der Waals surface area contributed by atoms with Crippen molar-refractivity contribution in [3.05, 3.63) is 53.3 Å². The van der Waals surface area contributed by atoms with E-state index in [1.54, 1.807) is 24.3 Å². The Hall–Kier alpha value is -2.87. The van der Waals surface area contributed by atoms with Crippen LogP contribution in [0.2, 0.25) is 0 Å². The molecule has 0 unspecified atom stereocenters. The van der Waals surface area contributed by atoms with Gasteiger partial charge in [-0.1, -0.05) is 18.2 Å². The fourth-order valence-corrected chi connectivity index (χ4v) is 2.11. The van der Waals surface area contributed by atoms with Gasteiger partial charge >= 0.3 is 5.97 Å². The quantitative estimate of drug-likeness (QED) is 0.937. The monoisotopic (exact) mass is 285 g/mol. The molecule has 0 spiro atoms. The summed E-state index contributed by atoms with van der Waals surface area (Å²) >= 11 is 0.